The third-order valence-electron chi connectivity index (χ3n) is 4.64. The van der Waals surface area contributed by atoms with Gasteiger partial charge in [-0.3, -0.25) is 9.48 Å². The molecule has 4 nitrogen and oxygen atoms in total. The van der Waals surface area contributed by atoms with E-state index in [4.69, 9.17) is 11.6 Å². The summed E-state index contributed by atoms with van der Waals surface area (Å²) < 4.78 is 1.79. The molecule has 0 saturated heterocycles. The van der Waals surface area contributed by atoms with Gasteiger partial charge in [0.25, 0.3) is 0 Å². The van der Waals surface area contributed by atoms with Crippen LogP contribution in [0, 0.1) is 5.92 Å². The highest BCUT2D eigenvalue weighted by atomic mass is 35.5. The minimum Gasteiger partial charge on any atom is -0.382 e. The fourth-order valence-electron chi connectivity index (χ4n) is 3.02. The van der Waals surface area contributed by atoms with Crippen molar-refractivity contribution in [2.24, 2.45) is 5.92 Å². The standard InChI is InChI=1S/C16H25ClN2O2/c1-4-12-15(17)13(19(5-2)18-12)10-14(20)16(21)8-6-11(3)7-9-16/h11,21H,4-10H2,1-3H3. The van der Waals surface area contributed by atoms with Crippen LogP contribution in [0.2, 0.25) is 5.02 Å². The van der Waals surface area contributed by atoms with Crippen molar-refractivity contribution in [3.05, 3.63) is 16.4 Å². The zero-order valence-corrected chi connectivity index (χ0v) is 13.9. The number of halogens is 1. The summed E-state index contributed by atoms with van der Waals surface area (Å²) in [6, 6.07) is 0. The number of carbonyl (C=O) groups excluding carboxylic acids is 1. The first-order valence-corrected chi connectivity index (χ1v) is 8.28. The maximum Gasteiger partial charge on any atom is 0.170 e. The van der Waals surface area contributed by atoms with Crippen LogP contribution in [0.15, 0.2) is 0 Å². The number of ketones is 1. The topological polar surface area (TPSA) is 55.1 Å². The van der Waals surface area contributed by atoms with Gasteiger partial charge in [-0.1, -0.05) is 25.4 Å². The minimum absolute atomic E-state index is 0.117. The lowest BCUT2D eigenvalue weighted by Crippen LogP contribution is -2.43. The molecule has 1 heterocycles. The molecule has 0 amide bonds. The molecule has 0 aromatic carbocycles. The lowest BCUT2D eigenvalue weighted by molar-refractivity contribution is -0.140. The Morgan fingerprint density at radius 3 is 2.57 bits per heavy atom. The van der Waals surface area contributed by atoms with Crippen LogP contribution < -0.4 is 0 Å². The van der Waals surface area contributed by atoms with Crippen LogP contribution in [-0.2, 0) is 24.2 Å². The molecule has 1 aromatic heterocycles. The summed E-state index contributed by atoms with van der Waals surface area (Å²) in [5.74, 6) is 0.475. The lowest BCUT2D eigenvalue weighted by Gasteiger charge is -2.33. The van der Waals surface area contributed by atoms with E-state index in [0.29, 0.717) is 30.3 Å². The van der Waals surface area contributed by atoms with E-state index in [0.717, 1.165) is 30.7 Å². The Balaban J connectivity index is 2.18. The number of nitrogens with zero attached hydrogens (tertiary/aromatic N) is 2. The first-order valence-electron chi connectivity index (χ1n) is 7.91. The Hall–Kier alpha value is -0.870. The molecule has 1 aliphatic carbocycles. The van der Waals surface area contributed by atoms with Crippen LogP contribution >= 0.6 is 11.6 Å². The van der Waals surface area contributed by atoms with E-state index in [9.17, 15) is 9.90 Å². The Bertz CT molecular complexity index is 517. The Morgan fingerprint density at radius 1 is 1.43 bits per heavy atom. The number of carbonyl (C=O) groups is 1. The second-order valence-electron chi connectivity index (χ2n) is 6.19. The average molecular weight is 313 g/mol. The molecule has 1 aliphatic rings. The first-order chi connectivity index (χ1) is 9.91. The fraction of sp³-hybridized carbons (Fsp3) is 0.750. The summed E-state index contributed by atoms with van der Waals surface area (Å²) in [5.41, 5.74) is 0.393. The monoisotopic (exact) mass is 312 g/mol. The van der Waals surface area contributed by atoms with Gasteiger partial charge in [-0.25, -0.2) is 0 Å². The number of Topliss-reactive ketones (excluding diaryl/α,β-unsaturated/α-hetero) is 1. The number of aryl methyl sites for hydroxylation is 2. The minimum atomic E-state index is -1.18. The highest BCUT2D eigenvalue weighted by Gasteiger charge is 2.39. The van der Waals surface area contributed by atoms with Gasteiger partial charge in [-0.05, 0) is 44.9 Å². The van der Waals surface area contributed by atoms with Gasteiger partial charge < -0.3 is 5.11 Å². The molecule has 0 unspecified atom stereocenters. The van der Waals surface area contributed by atoms with Crippen LogP contribution in [0.4, 0.5) is 0 Å². The van der Waals surface area contributed by atoms with Gasteiger partial charge >= 0.3 is 0 Å². The molecule has 5 heteroatoms. The maximum absolute atomic E-state index is 12.6. The second kappa shape index (κ2) is 6.49. The Morgan fingerprint density at radius 2 is 2.05 bits per heavy atom. The van der Waals surface area contributed by atoms with E-state index >= 15 is 0 Å². The zero-order valence-electron chi connectivity index (χ0n) is 13.2. The summed E-state index contributed by atoms with van der Waals surface area (Å²) in [6.07, 6.45) is 3.85. The molecule has 2 rings (SSSR count). The molecule has 1 aromatic rings. The summed E-state index contributed by atoms with van der Waals surface area (Å²) in [5, 5.41) is 15.6. The molecule has 0 bridgehead atoms. The van der Waals surface area contributed by atoms with Crippen molar-refractivity contribution in [3.63, 3.8) is 0 Å². The molecule has 21 heavy (non-hydrogen) atoms. The van der Waals surface area contributed by atoms with E-state index in [1.54, 1.807) is 4.68 Å². The molecule has 1 fully saturated rings. The van der Waals surface area contributed by atoms with Gasteiger partial charge in [0, 0.05) is 6.54 Å². The van der Waals surface area contributed by atoms with Crippen molar-refractivity contribution in [3.8, 4) is 0 Å². The number of rotatable bonds is 5. The largest absolute Gasteiger partial charge is 0.382 e. The van der Waals surface area contributed by atoms with Gasteiger partial charge in [-0.15, -0.1) is 0 Å². The van der Waals surface area contributed by atoms with Crippen LogP contribution in [0.3, 0.4) is 0 Å². The predicted molar refractivity (Wildman–Crippen MR) is 83.6 cm³/mol. The Labute approximate surface area is 131 Å². The van der Waals surface area contributed by atoms with Crippen molar-refractivity contribution in [1.29, 1.82) is 0 Å². The number of aliphatic hydroxyl groups is 1. The second-order valence-corrected chi connectivity index (χ2v) is 6.57. The van der Waals surface area contributed by atoms with Crippen LogP contribution in [-0.4, -0.2) is 26.3 Å². The maximum atomic E-state index is 12.6. The first kappa shape index (κ1) is 16.5. The van der Waals surface area contributed by atoms with Gasteiger partial charge in [0.15, 0.2) is 5.78 Å². The highest BCUT2D eigenvalue weighted by Crippen LogP contribution is 2.34. The van der Waals surface area contributed by atoms with Crippen LogP contribution in [0.5, 0.6) is 0 Å². The third kappa shape index (κ3) is 3.32. The SMILES string of the molecule is CCc1nn(CC)c(CC(=O)C2(O)CCC(C)CC2)c1Cl. The zero-order chi connectivity index (χ0) is 15.6. The molecule has 1 saturated carbocycles. The third-order valence-corrected chi connectivity index (χ3v) is 5.08. The molecule has 0 radical (unpaired) electrons. The van der Waals surface area contributed by atoms with E-state index in [2.05, 4.69) is 12.0 Å². The van der Waals surface area contributed by atoms with Crippen LogP contribution in [0.1, 0.15) is 57.8 Å². The van der Waals surface area contributed by atoms with Gasteiger partial charge in [-0.2, -0.15) is 5.10 Å². The van der Waals surface area contributed by atoms with Crippen molar-refractivity contribution in [2.75, 3.05) is 0 Å². The number of aromatic nitrogens is 2. The quantitative estimate of drug-likeness (QED) is 0.908. The lowest BCUT2D eigenvalue weighted by atomic mass is 9.76. The highest BCUT2D eigenvalue weighted by molar-refractivity contribution is 6.32. The number of hydrogen-bond acceptors (Lipinski definition) is 3. The van der Waals surface area contributed by atoms with Crippen molar-refractivity contribution < 1.29 is 9.90 Å². The normalized spacial score (nSPS) is 26.0. The van der Waals surface area contributed by atoms with Crippen molar-refractivity contribution in [2.45, 2.75) is 71.4 Å². The average Bonchev–Trinajstić information content (AvgIpc) is 2.78. The molecule has 0 atom stereocenters. The molecule has 0 spiro atoms. The van der Waals surface area contributed by atoms with E-state index in [1.807, 2.05) is 13.8 Å². The summed E-state index contributed by atoms with van der Waals surface area (Å²) in [7, 11) is 0. The predicted octanol–water partition coefficient (Wildman–Crippen LogP) is 3.17. The van der Waals surface area contributed by atoms with Gasteiger partial charge in [0.1, 0.15) is 5.60 Å². The van der Waals surface area contributed by atoms with Gasteiger partial charge in [0.2, 0.25) is 0 Å². The molecule has 0 aliphatic heterocycles. The molecular formula is C16H25ClN2O2. The van der Waals surface area contributed by atoms with E-state index < -0.39 is 5.60 Å². The van der Waals surface area contributed by atoms with E-state index in [-0.39, 0.29) is 12.2 Å². The summed E-state index contributed by atoms with van der Waals surface area (Å²) >= 11 is 6.34. The summed E-state index contributed by atoms with van der Waals surface area (Å²) in [4.78, 5) is 12.6. The molecular weight excluding hydrogens is 288 g/mol. The number of hydrogen-bond donors (Lipinski definition) is 1. The fourth-order valence-corrected chi connectivity index (χ4v) is 3.36. The van der Waals surface area contributed by atoms with Crippen LogP contribution in [0.25, 0.3) is 0 Å². The Kier molecular flexibility index (Phi) is 5.10. The molecule has 118 valence electrons. The van der Waals surface area contributed by atoms with Gasteiger partial charge in [0.05, 0.1) is 22.8 Å². The molecule has 1 N–H and O–H groups in total. The van der Waals surface area contributed by atoms with E-state index in [1.165, 1.54) is 0 Å². The summed E-state index contributed by atoms with van der Waals surface area (Å²) in [6.45, 7) is 6.82. The van der Waals surface area contributed by atoms with Crippen molar-refractivity contribution in [1.82, 2.24) is 9.78 Å². The smallest absolute Gasteiger partial charge is 0.170 e. The van der Waals surface area contributed by atoms with Crippen molar-refractivity contribution >= 4 is 17.4 Å².